The minimum atomic E-state index is -4.82. The molecule has 186 valence electrons. The van der Waals surface area contributed by atoms with Crippen molar-refractivity contribution in [1.29, 1.82) is 0 Å². The molecule has 1 spiro atoms. The number of carbonyl (C=O) groups is 3. The largest absolute Gasteiger partial charge is 0.427 e. The Kier molecular flexibility index (Phi) is 5.94. The number of nitrogens with zero attached hydrogens (tertiary/aromatic N) is 2. The van der Waals surface area contributed by atoms with Crippen molar-refractivity contribution in [2.45, 2.75) is 43.9 Å². The van der Waals surface area contributed by atoms with Crippen LogP contribution in [0.1, 0.15) is 36.2 Å². The zero-order valence-electron chi connectivity index (χ0n) is 18.3. The molecule has 4 rings (SSSR count). The van der Waals surface area contributed by atoms with E-state index in [2.05, 4.69) is 0 Å². The van der Waals surface area contributed by atoms with Crippen LogP contribution in [0.2, 0.25) is 0 Å². The van der Waals surface area contributed by atoms with Gasteiger partial charge in [-0.05, 0) is 42.3 Å². The molecule has 3 amide bonds. The van der Waals surface area contributed by atoms with Crippen LogP contribution in [-0.4, -0.2) is 46.5 Å². The van der Waals surface area contributed by atoms with Crippen LogP contribution < -0.4 is 5.73 Å². The molecule has 1 aliphatic carbocycles. The molecule has 1 fully saturated rings. The summed E-state index contributed by atoms with van der Waals surface area (Å²) in [7, 11) is 0. The average Bonchev–Trinajstić information content (AvgIpc) is 3.19. The third-order valence-corrected chi connectivity index (χ3v) is 6.21. The summed E-state index contributed by atoms with van der Waals surface area (Å²) in [6.07, 6.45) is -8.32. The number of rotatable bonds is 5. The fourth-order valence-corrected chi connectivity index (χ4v) is 4.30. The number of fused-ring (bicyclic) bond motifs is 2. The average molecular weight is 497 g/mol. The molecular weight excluding hydrogens is 477 g/mol. The lowest BCUT2D eigenvalue weighted by atomic mass is 9.94. The Morgan fingerprint density at radius 2 is 1.89 bits per heavy atom. The smallest absolute Gasteiger partial charge is 0.418 e. The van der Waals surface area contributed by atoms with E-state index in [0.717, 1.165) is 19.1 Å². The first-order chi connectivity index (χ1) is 16.3. The number of alkyl halides is 4. The summed E-state index contributed by atoms with van der Waals surface area (Å²) >= 11 is 0. The number of carbonyl (C=O) groups excluding carboxylic acids is 3. The minimum Gasteiger partial charge on any atom is -0.427 e. The van der Waals surface area contributed by atoms with Gasteiger partial charge in [-0.2, -0.15) is 13.2 Å². The number of hydrogen-bond donors (Lipinski definition) is 1. The molecular formula is C23H20F5N3O4. The highest BCUT2D eigenvalue weighted by Crippen LogP contribution is 2.51. The molecule has 3 atom stereocenters. The molecule has 35 heavy (non-hydrogen) atoms. The van der Waals surface area contributed by atoms with Gasteiger partial charge in [0, 0.05) is 24.2 Å². The van der Waals surface area contributed by atoms with Gasteiger partial charge in [-0.1, -0.05) is 18.2 Å². The van der Waals surface area contributed by atoms with Gasteiger partial charge in [0.1, 0.15) is 24.6 Å². The fraction of sp³-hybridized carbons (Fsp3) is 0.348. The van der Waals surface area contributed by atoms with Crippen molar-refractivity contribution in [2.75, 3.05) is 12.3 Å². The van der Waals surface area contributed by atoms with E-state index in [9.17, 15) is 36.3 Å². The summed E-state index contributed by atoms with van der Waals surface area (Å²) in [6.45, 7) is -0.864. The van der Waals surface area contributed by atoms with E-state index >= 15 is 0 Å². The lowest BCUT2D eigenvalue weighted by Crippen LogP contribution is -2.51. The summed E-state index contributed by atoms with van der Waals surface area (Å²) < 4.78 is 73.6. The highest BCUT2D eigenvalue weighted by atomic mass is 19.4. The Morgan fingerprint density at radius 1 is 1.23 bits per heavy atom. The third kappa shape index (κ3) is 4.28. The van der Waals surface area contributed by atoms with Gasteiger partial charge in [0.25, 0.3) is 5.91 Å². The van der Waals surface area contributed by atoms with Crippen molar-refractivity contribution < 1.29 is 41.1 Å². The predicted molar refractivity (Wildman–Crippen MR) is 112 cm³/mol. The molecule has 12 heteroatoms. The van der Waals surface area contributed by atoms with Crippen LogP contribution in [0.15, 0.2) is 42.5 Å². The van der Waals surface area contributed by atoms with E-state index in [1.165, 1.54) is 30.3 Å². The summed E-state index contributed by atoms with van der Waals surface area (Å²) in [5, 5.41) is 0. The summed E-state index contributed by atoms with van der Waals surface area (Å²) in [6, 6.07) is 6.23. The van der Waals surface area contributed by atoms with Crippen LogP contribution in [0.3, 0.4) is 0 Å². The fourth-order valence-electron chi connectivity index (χ4n) is 4.30. The second-order valence-corrected chi connectivity index (χ2v) is 8.47. The first-order valence-electron chi connectivity index (χ1n) is 10.5. The van der Waals surface area contributed by atoms with Gasteiger partial charge in [-0.25, -0.2) is 18.5 Å². The molecule has 7 nitrogen and oxygen atoms in total. The van der Waals surface area contributed by atoms with Crippen LogP contribution in [0.25, 0.3) is 0 Å². The number of nitrogen functional groups attached to an aromatic ring is 1. The van der Waals surface area contributed by atoms with Crippen LogP contribution in [-0.2, 0) is 26.5 Å². The monoisotopic (exact) mass is 497 g/mol. The van der Waals surface area contributed by atoms with Gasteiger partial charge in [0.05, 0.1) is 0 Å². The molecule has 1 heterocycles. The second-order valence-electron chi connectivity index (χ2n) is 8.47. The van der Waals surface area contributed by atoms with Gasteiger partial charge >= 0.3 is 12.3 Å². The number of imide groups is 1. The van der Waals surface area contributed by atoms with E-state index in [1.54, 1.807) is 0 Å². The van der Waals surface area contributed by atoms with Gasteiger partial charge in [-0.15, -0.1) is 0 Å². The lowest BCUT2D eigenvalue weighted by Gasteiger charge is -2.31. The number of halogens is 5. The quantitative estimate of drug-likeness (QED) is 0.499. The van der Waals surface area contributed by atoms with Gasteiger partial charge in [0.2, 0.25) is 11.5 Å². The molecule has 0 unspecified atom stereocenters. The molecule has 0 saturated carbocycles. The van der Waals surface area contributed by atoms with Gasteiger partial charge in [0.15, 0.2) is 0 Å². The highest BCUT2D eigenvalue weighted by Gasteiger charge is 2.61. The molecule has 2 aliphatic rings. The van der Waals surface area contributed by atoms with Gasteiger partial charge < -0.3 is 15.4 Å². The Balaban J connectivity index is 1.60. The van der Waals surface area contributed by atoms with E-state index in [4.69, 9.17) is 10.5 Å². The molecule has 2 aromatic carbocycles. The highest BCUT2D eigenvalue weighted by molar-refractivity contribution is 6.06. The molecule has 0 aromatic heterocycles. The second kappa shape index (κ2) is 8.51. The van der Waals surface area contributed by atoms with Crippen molar-refractivity contribution in [2.24, 2.45) is 0 Å². The molecule has 0 bridgehead atoms. The standard InChI is InChI=1S/C23H20F5N3O4/c1-12(23(26,27)28)30(10-13-2-4-14(24)5-3-13)19(32)11-31-20(33)22(35-21(31)34)9-18(25)16-8-15(29)6-7-17(16)22/h2-8,12,18H,9-11,29H2,1H3/t12-,18+,22-/m0/s1. The lowest BCUT2D eigenvalue weighted by molar-refractivity contribution is -0.187. The summed E-state index contributed by atoms with van der Waals surface area (Å²) in [5.74, 6) is -2.87. The number of nitrogens with two attached hydrogens (primary N) is 1. The number of anilines is 1. The van der Waals surface area contributed by atoms with Crippen LogP contribution >= 0.6 is 0 Å². The molecule has 1 saturated heterocycles. The Hall–Kier alpha value is -3.70. The normalized spacial score (nSPS) is 22.3. The maximum absolute atomic E-state index is 14.7. The Morgan fingerprint density at radius 3 is 2.51 bits per heavy atom. The first-order valence-corrected chi connectivity index (χ1v) is 10.5. The summed E-state index contributed by atoms with van der Waals surface area (Å²) in [4.78, 5) is 39.5. The maximum Gasteiger partial charge on any atom is 0.418 e. The van der Waals surface area contributed by atoms with E-state index < -0.39 is 67.2 Å². The number of amides is 3. The van der Waals surface area contributed by atoms with E-state index in [1.807, 2.05) is 0 Å². The van der Waals surface area contributed by atoms with Crippen molar-refractivity contribution in [3.05, 3.63) is 65.0 Å². The maximum atomic E-state index is 14.7. The molecule has 2 N–H and O–H groups in total. The third-order valence-electron chi connectivity index (χ3n) is 6.21. The van der Waals surface area contributed by atoms with Crippen molar-refractivity contribution >= 4 is 23.6 Å². The minimum absolute atomic E-state index is 0.0583. The number of hydrogen-bond acceptors (Lipinski definition) is 5. The van der Waals surface area contributed by atoms with Crippen LogP contribution in [0.5, 0.6) is 0 Å². The predicted octanol–water partition coefficient (Wildman–Crippen LogP) is 3.98. The number of ether oxygens (including phenoxy) is 1. The van der Waals surface area contributed by atoms with E-state index in [0.29, 0.717) is 9.80 Å². The molecule has 0 radical (unpaired) electrons. The first kappa shape index (κ1) is 24.4. The Bertz CT molecular complexity index is 1190. The zero-order valence-corrected chi connectivity index (χ0v) is 18.3. The molecule has 2 aromatic rings. The zero-order chi connectivity index (χ0) is 25.7. The van der Waals surface area contributed by atoms with Crippen molar-refractivity contribution in [1.82, 2.24) is 9.80 Å². The summed E-state index contributed by atoms with van der Waals surface area (Å²) in [5.41, 5.74) is 4.19. The Labute approximate surface area is 196 Å². The molecule has 1 aliphatic heterocycles. The van der Waals surface area contributed by atoms with Crippen molar-refractivity contribution in [3.63, 3.8) is 0 Å². The van der Waals surface area contributed by atoms with E-state index in [-0.39, 0.29) is 22.4 Å². The van der Waals surface area contributed by atoms with Crippen molar-refractivity contribution in [3.8, 4) is 0 Å². The van der Waals surface area contributed by atoms with Crippen LogP contribution in [0.4, 0.5) is 32.4 Å². The number of benzene rings is 2. The topological polar surface area (TPSA) is 92.9 Å². The van der Waals surface area contributed by atoms with Gasteiger partial charge in [-0.3, -0.25) is 9.59 Å². The van der Waals surface area contributed by atoms with Crippen LogP contribution in [0, 0.1) is 5.82 Å². The SMILES string of the molecule is C[C@H](N(Cc1ccc(F)cc1)C(=O)CN1C(=O)O[C@]2(C[C@@H](F)c3cc(N)ccc32)C1=O)C(F)(F)F.